The lowest BCUT2D eigenvalue weighted by Crippen LogP contribution is -2.11. The lowest BCUT2D eigenvalue weighted by Gasteiger charge is -2.04. The quantitative estimate of drug-likeness (QED) is 0.809. The number of anilines is 1. The van der Waals surface area contributed by atoms with Crippen LogP contribution in [0.5, 0.6) is 0 Å². The summed E-state index contributed by atoms with van der Waals surface area (Å²) in [5.41, 5.74) is 1.23. The van der Waals surface area contributed by atoms with E-state index in [1.165, 1.54) is 6.20 Å². The standard InChI is InChI=1S/C12H9ClN2O/c13-11-7-6-10(8-14-11)15-12(16)9-4-2-1-3-5-9/h1-8H,(H,15,16). The molecule has 0 fully saturated rings. The number of carbonyl (C=O) groups excluding carboxylic acids is 1. The Labute approximate surface area is 98.1 Å². The van der Waals surface area contributed by atoms with Crippen molar-refractivity contribution in [2.24, 2.45) is 0 Å². The van der Waals surface area contributed by atoms with Gasteiger partial charge in [-0.3, -0.25) is 4.79 Å². The van der Waals surface area contributed by atoms with Crippen molar-refractivity contribution >= 4 is 23.2 Å². The van der Waals surface area contributed by atoms with Crippen LogP contribution in [0.4, 0.5) is 5.69 Å². The number of nitrogens with zero attached hydrogens (tertiary/aromatic N) is 1. The predicted octanol–water partition coefficient (Wildman–Crippen LogP) is 2.99. The molecule has 0 aliphatic carbocycles. The van der Waals surface area contributed by atoms with Crippen LogP contribution in [0.3, 0.4) is 0 Å². The lowest BCUT2D eigenvalue weighted by molar-refractivity contribution is 0.102. The molecule has 0 saturated heterocycles. The van der Waals surface area contributed by atoms with E-state index in [1.54, 1.807) is 24.3 Å². The number of hydrogen-bond acceptors (Lipinski definition) is 2. The van der Waals surface area contributed by atoms with E-state index in [-0.39, 0.29) is 5.91 Å². The van der Waals surface area contributed by atoms with E-state index in [4.69, 9.17) is 11.6 Å². The van der Waals surface area contributed by atoms with E-state index in [0.29, 0.717) is 16.4 Å². The number of halogens is 1. The first-order valence-electron chi connectivity index (χ1n) is 4.73. The van der Waals surface area contributed by atoms with Crippen molar-refractivity contribution in [2.75, 3.05) is 5.32 Å². The molecule has 2 rings (SSSR count). The molecule has 16 heavy (non-hydrogen) atoms. The average Bonchev–Trinajstić information content (AvgIpc) is 2.33. The number of hydrogen-bond donors (Lipinski definition) is 1. The van der Waals surface area contributed by atoms with Crippen molar-refractivity contribution in [3.05, 3.63) is 59.4 Å². The smallest absolute Gasteiger partial charge is 0.255 e. The molecule has 2 aromatic rings. The molecule has 1 amide bonds. The van der Waals surface area contributed by atoms with Gasteiger partial charge >= 0.3 is 0 Å². The van der Waals surface area contributed by atoms with Gasteiger partial charge in [0, 0.05) is 5.56 Å². The van der Waals surface area contributed by atoms with Crippen molar-refractivity contribution in [1.29, 1.82) is 0 Å². The van der Waals surface area contributed by atoms with Gasteiger partial charge in [0.05, 0.1) is 11.9 Å². The SMILES string of the molecule is O=C(Nc1ccc(Cl)nc1)c1ccccc1. The first-order valence-corrected chi connectivity index (χ1v) is 5.11. The fourth-order valence-electron chi connectivity index (χ4n) is 1.24. The van der Waals surface area contributed by atoms with Gasteiger partial charge in [-0.25, -0.2) is 4.98 Å². The molecule has 0 aliphatic heterocycles. The summed E-state index contributed by atoms with van der Waals surface area (Å²) in [6, 6.07) is 12.3. The van der Waals surface area contributed by atoms with Gasteiger partial charge in [-0.1, -0.05) is 29.8 Å². The Balaban J connectivity index is 2.11. The summed E-state index contributed by atoms with van der Waals surface area (Å²) in [7, 11) is 0. The van der Waals surface area contributed by atoms with Gasteiger partial charge in [0.15, 0.2) is 0 Å². The Morgan fingerprint density at radius 2 is 1.88 bits per heavy atom. The van der Waals surface area contributed by atoms with Gasteiger partial charge in [0.2, 0.25) is 0 Å². The summed E-state index contributed by atoms with van der Waals surface area (Å²) in [5.74, 6) is -0.162. The summed E-state index contributed by atoms with van der Waals surface area (Å²) in [6.07, 6.45) is 1.52. The molecular formula is C12H9ClN2O. The normalized spacial score (nSPS) is 9.81. The van der Waals surface area contributed by atoms with Gasteiger partial charge in [0.1, 0.15) is 5.15 Å². The van der Waals surface area contributed by atoms with E-state index < -0.39 is 0 Å². The van der Waals surface area contributed by atoms with Crippen LogP contribution in [0.2, 0.25) is 5.15 Å². The van der Waals surface area contributed by atoms with Crippen molar-refractivity contribution in [3.8, 4) is 0 Å². The molecule has 0 radical (unpaired) electrons. The van der Waals surface area contributed by atoms with Crippen molar-refractivity contribution in [3.63, 3.8) is 0 Å². The van der Waals surface area contributed by atoms with E-state index in [2.05, 4.69) is 10.3 Å². The van der Waals surface area contributed by atoms with Crippen LogP contribution in [0.15, 0.2) is 48.7 Å². The number of pyridine rings is 1. The molecule has 1 aromatic heterocycles. The lowest BCUT2D eigenvalue weighted by atomic mass is 10.2. The molecule has 0 saturated carbocycles. The zero-order valence-corrected chi connectivity index (χ0v) is 9.11. The van der Waals surface area contributed by atoms with E-state index in [0.717, 1.165) is 0 Å². The zero-order valence-electron chi connectivity index (χ0n) is 8.35. The Kier molecular flexibility index (Phi) is 3.17. The van der Waals surface area contributed by atoms with Crippen LogP contribution in [0, 0.1) is 0 Å². The minimum atomic E-state index is -0.162. The minimum Gasteiger partial charge on any atom is -0.321 e. The summed E-state index contributed by atoms with van der Waals surface area (Å²) in [6.45, 7) is 0. The number of nitrogens with one attached hydrogen (secondary N) is 1. The largest absolute Gasteiger partial charge is 0.321 e. The van der Waals surface area contributed by atoms with Crippen LogP contribution < -0.4 is 5.32 Å². The molecular weight excluding hydrogens is 224 g/mol. The summed E-state index contributed by atoms with van der Waals surface area (Å²) in [4.78, 5) is 15.6. The molecule has 0 atom stereocenters. The number of carbonyl (C=O) groups is 1. The molecule has 0 bridgehead atoms. The second kappa shape index (κ2) is 4.77. The summed E-state index contributed by atoms with van der Waals surface area (Å²) >= 11 is 5.64. The van der Waals surface area contributed by atoms with Gasteiger partial charge in [0.25, 0.3) is 5.91 Å². The Morgan fingerprint density at radius 3 is 2.50 bits per heavy atom. The topological polar surface area (TPSA) is 42.0 Å². The van der Waals surface area contributed by atoms with Crippen LogP contribution in [-0.2, 0) is 0 Å². The van der Waals surface area contributed by atoms with Crippen LogP contribution in [0.25, 0.3) is 0 Å². The van der Waals surface area contributed by atoms with Gasteiger partial charge in [-0.2, -0.15) is 0 Å². The fourth-order valence-corrected chi connectivity index (χ4v) is 1.35. The maximum Gasteiger partial charge on any atom is 0.255 e. The molecule has 1 heterocycles. The maximum absolute atomic E-state index is 11.7. The van der Waals surface area contributed by atoms with E-state index in [1.807, 2.05) is 18.2 Å². The summed E-state index contributed by atoms with van der Waals surface area (Å²) < 4.78 is 0. The number of rotatable bonds is 2. The molecule has 0 spiro atoms. The maximum atomic E-state index is 11.7. The first kappa shape index (κ1) is 10.6. The second-order valence-electron chi connectivity index (χ2n) is 3.19. The monoisotopic (exact) mass is 232 g/mol. The van der Waals surface area contributed by atoms with Crippen molar-refractivity contribution < 1.29 is 4.79 Å². The van der Waals surface area contributed by atoms with Crippen LogP contribution >= 0.6 is 11.6 Å². The molecule has 1 aromatic carbocycles. The third-order valence-electron chi connectivity index (χ3n) is 2.02. The highest BCUT2D eigenvalue weighted by molar-refractivity contribution is 6.29. The Hall–Kier alpha value is -1.87. The minimum absolute atomic E-state index is 0.162. The highest BCUT2D eigenvalue weighted by atomic mass is 35.5. The molecule has 3 nitrogen and oxygen atoms in total. The molecule has 80 valence electrons. The highest BCUT2D eigenvalue weighted by Gasteiger charge is 2.04. The average molecular weight is 233 g/mol. The second-order valence-corrected chi connectivity index (χ2v) is 3.58. The molecule has 0 aliphatic rings. The molecule has 0 unspecified atom stereocenters. The Bertz CT molecular complexity index is 482. The highest BCUT2D eigenvalue weighted by Crippen LogP contribution is 2.11. The number of amides is 1. The Morgan fingerprint density at radius 1 is 1.12 bits per heavy atom. The van der Waals surface area contributed by atoms with Crippen LogP contribution in [-0.4, -0.2) is 10.9 Å². The predicted molar refractivity (Wildman–Crippen MR) is 63.6 cm³/mol. The third kappa shape index (κ3) is 2.58. The van der Waals surface area contributed by atoms with Gasteiger partial charge < -0.3 is 5.32 Å². The van der Waals surface area contributed by atoms with Gasteiger partial charge in [-0.05, 0) is 24.3 Å². The van der Waals surface area contributed by atoms with E-state index >= 15 is 0 Å². The molecule has 4 heteroatoms. The summed E-state index contributed by atoms with van der Waals surface area (Å²) in [5, 5.41) is 3.13. The number of benzene rings is 1. The van der Waals surface area contributed by atoms with Gasteiger partial charge in [-0.15, -0.1) is 0 Å². The van der Waals surface area contributed by atoms with Crippen molar-refractivity contribution in [2.45, 2.75) is 0 Å². The van der Waals surface area contributed by atoms with Crippen molar-refractivity contribution in [1.82, 2.24) is 4.98 Å². The third-order valence-corrected chi connectivity index (χ3v) is 2.24. The molecule has 1 N–H and O–H groups in total. The zero-order chi connectivity index (χ0) is 11.4. The fraction of sp³-hybridized carbons (Fsp3) is 0. The first-order chi connectivity index (χ1) is 7.75. The van der Waals surface area contributed by atoms with Crippen LogP contribution in [0.1, 0.15) is 10.4 Å². The number of aromatic nitrogens is 1. The van der Waals surface area contributed by atoms with E-state index in [9.17, 15) is 4.79 Å².